The van der Waals surface area contributed by atoms with Crippen LogP contribution in [-0.4, -0.2) is 31.2 Å². The van der Waals surface area contributed by atoms with Crippen molar-refractivity contribution in [3.8, 4) is 0 Å². The van der Waals surface area contributed by atoms with Crippen LogP contribution in [-0.2, 0) is 0 Å². The van der Waals surface area contributed by atoms with E-state index in [9.17, 15) is 0 Å². The molecule has 5 nitrogen and oxygen atoms in total. The number of hydrogen-bond donors (Lipinski definition) is 4. The lowest BCUT2D eigenvalue weighted by Gasteiger charge is -1.90. The molecule has 0 heterocycles. The van der Waals surface area contributed by atoms with E-state index in [2.05, 4.69) is 16.9 Å². The molecule has 0 aliphatic rings. The third kappa shape index (κ3) is 24.9. The Morgan fingerprint density at radius 2 is 2.08 bits per heavy atom. The molecule has 0 aliphatic heterocycles. The smallest absolute Gasteiger partial charge is 0.185 e. The molecule has 0 unspecified atom stereocenters. The number of aliphatic imine (C=N–C) groups is 1. The first kappa shape index (κ1) is 14.3. The first-order valence-electron chi connectivity index (χ1n) is 4.11. The summed E-state index contributed by atoms with van der Waals surface area (Å²) in [6, 6.07) is 0. The highest BCUT2D eigenvalue weighted by Crippen LogP contribution is 1.73. The molecule has 0 saturated carbocycles. The fraction of sp³-hybridized carbons (Fsp3) is 0.625. The van der Waals surface area contributed by atoms with Crippen LogP contribution < -0.4 is 16.8 Å². The Labute approximate surface area is 79.5 Å². The lowest BCUT2D eigenvalue weighted by atomic mass is 10.5. The molecular weight excluding hydrogens is 168 g/mol. The fourth-order valence-corrected chi connectivity index (χ4v) is 0.445. The number of nitrogens with two attached hydrogens (primary N) is 2. The zero-order valence-electron chi connectivity index (χ0n) is 8.38. The largest absolute Gasteiger partial charge is 0.512 e. The molecule has 0 aromatic carbocycles. The van der Waals surface area contributed by atoms with Gasteiger partial charge in [-0.25, -0.2) is 0 Å². The second-order valence-electron chi connectivity index (χ2n) is 2.40. The summed E-state index contributed by atoms with van der Waals surface area (Å²) < 4.78 is 0. The fourth-order valence-electron chi connectivity index (χ4n) is 0.445. The minimum absolute atomic E-state index is 0.178. The highest BCUT2D eigenvalue weighted by atomic mass is 16.3. The van der Waals surface area contributed by atoms with Crippen molar-refractivity contribution < 1.29 is 5.11 Å². The average molecular weight is 188 g/mol. The number of hydrogen-bond acceptors (Lipinski definition) is 3. The zero-order chi connectivity index (χ0) is 10.7. The number of nitrogens with one attached hydrogen (secondary N) is 1. The molecule has 0 rings (SSSR count). The summed E-state index contributed by atoms with van der Waals surface area (Å²) in [7, 11) is 1.75. The summed E-state index contributed by atoms with van der Waals surface area (Å²) in [5.74, 6) is 0.361. The molecule has 0 atom stereocenters. The van der Waals surface area contributed by atoms with Crippen molar-refractivity contribution in [2.24, 2.45) is 16.5 Å². The molecule has 0 radical (unpaired) electrons. The predicted octanol–water partition coefficient (Wildman–Crippen LogP) is -0.0527. The number of nitrogens with zero attached hydrogens (tertiary/aromatic N) is 1. The highest BCUT2D eigenvalue weighted by Gasteiger charge is 1.77. The first-order valence-corrected chi connectivity index (χ1v) is 4.11. The molecule has 0 aromatic heterocycles. The van der Waals surface area contributed by atoms with Crippen LogP contribution in [0.2, 0.25) is 0 Å². The molecule has 0 amide bonds. The van der Waals surface area contributed by atoms with Crippen molar-refractivity contribution in [2.75, 3.05) is 20.1 Å². The Morgan fingerprint density at radius 3 is 2.15 bits per heavy atom. The van der Waals surface area contributed by atoms with Gasteiger partial charge in [-0.15, -0.1) is 0 Å². The quantitative estimate of drug-likeness (QED) is 0.282. The van der Waals surface area contributed by atoms with Gasteiger partial charge in [0, 0.05) is 6.54 Å². The maximum absolute atomic E-state index is 8.30. The Morgan fingerprint density at radius 1 is 1.54 bits per heavy atom. The van der Waals surface area contributed by atoms with Gasteiger partial charge in [-0.3, -0.25) is 4.99 Å². The third-order valence-electron chi connectivity index (χ3n) is 0.899. The molecule has 5 heteroatoms. The SMILES string of the molecule is C=C(O)CNC.CCCN=C(N)N. The van der Waals surface area contributed by atoms with E-state index in [1.165, 1.54) is 0 Å². The van der Waals surface area contributed by atoms with Crippen LogP contribution in [0.4, 0.5) is 0 Å². The Balaban J connectivity index is 0. The topological polar surface area (TPSA) is 96.7 Å². The second kappa shape index (κ2) is 10.8. The molecular formula is C8H20N4O. The minimum Gasteiger partial charge on any atom is -0.512 e. The van der Waals surface area contributed by atoms with E-state index >= 15 is 0 Å². The van der Waals surface area contributed by atoms with Crippen LogP contribution in [0.5, 0.6) is 0 Å². The van der Waals surface area contributed by atoms with Crippen LogP contribution in [0.25, 0.3) is 0 Å². The summed E-state index contributed by atoms with van der Waals surface area (Å²) in [6.07, 6.45) is 0.998. The van der Waals surface area contributed by atoms with Gasteiger partial charge in [0.05, 0.1) is 12.3 Å². The van der Waals surface area contributed by atoms with E-state index < -0.39 is 0 Å². The summed E-state index contributed by atoms with van der Waals surface area (Å²) in [6.45, 7) is 6.48. The number of rotatable bonds is 4. The van der Waals surface area contributed by atoms with Crippen molar-refractivity contribution in [3.63, 3.8) is 0 Å². The van der Waals surface area contributed by atoms with Crippen molar-refractivity contribution in [1.82, 2.24) is 5.32 Å². The lowest BCUT2D eigenvalue weighted by molar-refractivity contribution is 0.397. The number of aliphatic hydroxyl groups excluding tert-OH is 1. The number of guanidine groups is 1. The monoisotopic (exact) mass is 188 g/mol. The van der Waals surface area contributed by atoms with E-state index in [1.807, 2.05) is 6.92 Å². The van der Waals surface area contributed by atoms with E-state index in [0.29, 0.717) is 6.54 Å². The third-order valence-corrected chi connectivity index (χ3v) is 0.899. The Kier molecular flexibility index (Phi) is 11.8. The van der Waals surface area contributed by atoms with Gasteiger partial charge in [-0.2, -0.15) is 0 Å². The average Bonchev–Trinajstić information content (AvgIpc) is 2.01. The minimum atomic E-state index is 0.178. The lowest BCUT2D eigenvalue weighted by Crippen LogP contribution is -2.22. The van der Waals surface area contributed by atoms with Gasteiger partial charge in [0.2, 0.25) is 0 Å². The van der Waals surface area contributed by atoms with E-state index in [-0.39, 0.29) is 11.7 Å². The van der Waals surface area contributed by atoms with Crippen LogP contribution >= 0.6 is 0 Å². The molecule has 0 fully saturated rings. The standard InChI is InChI=1S/C4H11N3.C4H9NO/c1-2-3-7-4(5)6;1-4(6)3-5-2/h2-3H2,1H3,(H4,5,6,7);5-6H,1,3H2,2H3. The number of likely N-dealkylation sites (N-methyl/N-ethyl adjacent to an activating group) is 1. The van der Waals surface area contributed by atoms with E-state index in [4.69, 9.17) is 16.6 Å². The predicted molar refractivity (Wildman–Crippen MR) is 56.7 cm³/mol. The van der Waals surface area contributed by atoms with Crippen LogP contribution in [0.1, 0.15) is 13.3 Å². The second-order valence-corrected chi connectivity index (χ2v) is 2.40. The molecule has 0 aliphatic carbocycles. The van der Waals surface area contributed by atoms with E-state index in [0.717, 1.165) is 13.0 Å². The number of aliphatic hydroxyl groups is 1. The van der Waals surface area contributed by atoms with Crippen molar-refractivity contribution in [1.29, 1.82) is 0 Å². The van der Waals surface area contributed by atoms with Crippen LogP contribution in [0.3, 0.4) is 0 Å². The molecule has 0 bridgehead atoms. The highest BCUT2D eigenvalue weighted by molar-refractivity contribution is 5.75. The maximum Gasteiger partial charge on any atom is 0.185 e. The van der Waals surface area contributed by atoms with Gasteiger partial charge in [0.1, 0.15) is 0 Å². The van der Waals surface area contributed by atoms with Gasteiger partial charge >= 0.3 is 0 Å². The Bertz CT molecular complexity index is 152. The first-order chi connectivity index (χ1) is 6.04. The van der Waals surface area contributed by atoms with Crippen LogP contribution in [0, 0.1) is 0 Å². The molecule has 6 N–H and O–H groups in total. The normalized spacial score (nSPS) is 8.15. The molecule has 78 valence electrons. The summed E-state index contributed by atoms with van der Waals surface area (Å²) in [4.78, 5) is 3.72. The molecule has 13 heavy (non-hydrogen) atoms. The van der Waals surface area contributed by atoms with Gasteiger partial charge < -0.3 is 21.9 Å². The Hall–Kier alpha value is -1.23. The summed E-state index contributed by atoms with van der Waals surface area (Å²) in [5.41, 5.74) is 10.0. The maximum atomic E-state index is 8.30. The molecule has 0 spiro atoms. The van der Waals surface area contributed by atoms with Crippen molar-refractivity contribution >= 4 is 5.96 Å². The van der Waals surface area contributed by atoms with Crippen molar-refractivity contribution in [2.45, 2.75) is 13.3 Å². The molecule has 0 aromatic rings. The zero-order valence-corrected chi connectivity index (χ0v) is 8.38. The van der Waals surface area contributed by atoms with E-state index in [1.54, 1.807) is 7.05 Å². The van der Waals surface area contributed by atoms with Gasteiger partial charge in [0.15, 0.2) is 5.96 Å². The van der Waals surface area contributed by atoms with Gasteiger partial charge in [-0.1, -0.05) is 13.5 Å². The summed E-state index contributed by atoms with van der Waals surface area (Å²) in [5, 5.41) is 11.0. The van der Waals surface area contributed by atoms with Crippen molar-refractivity contribution in [3.05, 3.63) is 12.3 Å². The molecule has 0 saturated heterocycles. The van der Waals surface area contributed by atoms with Crippen LogP contribution in [0.15, 0.2) is 17.3 Å². The summed E-state index contributed by atoms with van der Waals surface area (Å²) >= 11 is 0. The van der Waals surface area contributed by atoms with Gasteiger partial charge in [0.25, 0.3) is 0 Å². The van der Waals surface area contributed by atoms with Gasteiger partial charge in [-0.05, 0) is 13.5 Å².